The van der Waals surface area contributed by atoms with Gasteiger partial charge in [-0.25, -0.2) is 22.9 Å². The van der Waals surface area contributed by atoms with Crippen molar-refractivity contribution < 1.29 is 31.9 Å². The van der Waals surface area contributed by atoms with Crippen LogP contribution in [0.25, 0.3) is 22.4 Å². The van der Waals surface area contributed by atoms with Crippen molar-refractivity contribution in [3.63, 3.8) is 0 Å². The van der Waals surface area contributed by atoms with Crippen molar-refractivity contribution in [2.24, 2.45) is 0 Å². The van der Waals surface area contributed by atoms with Gasteiger partial charge in [-0.2, -0.15) is 5.26 Å². The molecule has 1 saturated carbocycles. The summed E-state index contributed by atoms with van der Waals surface area (Å²) in [5.74, 6) is -4.33. The molecule has 0 bridgehead atoms. The Morgan fingerprint density at radius 1 is 1.14 bits per heavy atom. The summed E-state index contributed by atoms with van der Waals surface area (Å²) in [7, 11) is 0. The summed E-state index contributed by atoms with van der Waals surface area (Å²) in [5.41, 5.74) is -2.18. The molecule has 0 unspecified atom stereocenters. The van der Waals surface area contributed by atoms with Gasteiger partial charge in [0.15, 0.2) is 11.3 Å². The number of rotatable bonds is 3. The third-order valence-electron chi connectivity index (χ3n) is 7.55. The molecule has 5 rings (SSSR count). The van der Waals surface area contributed by atoms with Crippen molar-refractivity contribution in [3.8, 4) is 17.3 Å². The van der Waals surface area contributed by atoms with E-state index >= 15 is 0 Å². The molecule has 2 amide bonds. The second-order valence-electron chi connectivity index (χ2n) is 12.6. The molecule has 42 heavy (non-hydrogen) atoms. The first kappa shape index (κ1) is 29.7. The Balaban J connectivity index is 1.53. The number of nitriles is 1. The van der Waals surface area contributed by atoms with Crippen LogP contribution in [-0.4, -0.2) is 63.5 Å². The predicted molar refractivity (Wildman–Crippen MR) is 149 cm³/mol. The lowest BCUT2D eigenvalue weighted by Crippen LogP contribution is -2.62. The molecule has 12 heteroatoms. The van der Waals surface area contributed by atoms with Crippen molar-refractivity contribution >= 4 is 34.7 Å². The highest BCUT2D eigenvalue weighted by Crippen LogP contribution is 2.55. The minimum absolute atomic E-state index is 0.0405. The van der Waals surface area contributed by atoms with Crippen LogP contribution in [-0.2, 0) is 10.2 Å². The van der Waals surface area contributed by atoms with Gasteiger partial charge in [0.1, 0.15) is 16.9 Å². The molecule has 0 spiro atoms. The fourth-order valence-electron chi connectivity index (χ4n) is 5.59. The van der Waals surface area contributed by atoms with E-state index in [9.17, 15) is 28.0 Å². The van der Waals surface area contributed by atoms with Gasteiger partial charge in [-0.05, 0) is 52.8 Å². The minimum Gasteiger partial charge on any atom is -0.449 e. The first-order valence-electron chi connectivity index (χ1n) is 13.4. The topological polar surface area (TPSA) is 99.7 Å². The highest BCUT2D eigenvalue weighted by molar-refractivity contribution is 6.30. The van der Waals surface area contributed by atoms with Gasteiger partial charge in [0, 0.05) is 49.7 Å². The number of fused-ring (bicyclic) bond motifs is 1. The van der Waals surface area contributed by atoms with Gasteiger partial charge >= 0.3 is 6.09 Å². The predicted octanol–water partition coefficient (Wildman–Crippen LogP) is 6.95. The average molecular weight is 603 g/mol. The second kappa shape index (κ2) is 9.90. The summed E-state index contributed by atoms with van der Waals surface area (Å²) >= 11 is 5.83. The molecule has 0 N–H and O–H groups in total. The number of ether oxygens (including phenoxy) is 1. The van der Waals surface area contributed by atoms with E-state index in [1.807, 2.05) is 19.9 Å². The lowest BCUT2D eigenvalue weighted by Gasteiger charge is -2.46. The van der Waals surface area contributed by atoms with Crippen LogP contribution in [0.1, 0.15) is 63.6 Å². The number of nitrogens with zero attached hydrogens (tertiary/aromatic N) is 4. The average Bonchev–Trinajstić information content (AvgIpc) is 3.30. The number of hydrogen-bond donors (Lipinski definition) is 0. The third kappa shape index (κ3) is 5.40. The van der Waals surface area contributed by atoms with Gasteiger partial charge in [0.05, 0.1) is 27.7 Å². The first-order chi connectivity index (χ1) is 19.4. The molecular weight excluding hydrogens is 573 g/mol. The smallest absolute Gasteiger partial charge is 0.410 e. The summed E-state index contributed by atoms with van der Waals surface area (Å²) in [6.45, 7) is 9.56. The van der Waals surface area contributed by atoms with Crippen molar-refractivity contribution in [2.75, 3.05) is 19.6 Å². The molecule has 1 aliphatic carbocycles. The number of aromatic nitrogens is 1. The number of halogens is 4. The zero-order chi connectivity index (χ0) is 30.8. The lowest BCUT2D eigenvalue weighted by molar-refractivity contribution is -0.108. The molecule has 1 saturated heterocycles. The van der Waals surface area contributed by atoms with Crippen LogP contribution < -0.4 is 0 Å². The summed E-state index contributed by atoms with van der Waals surface area (Å²) in [6.07, 6.45) is -1.94. The van der Waals surface area contributed by atoms with Gasteiger partial charge in [0.25, 0.3) is 11.8 Å². The fraction of sp³-hybridized carbons (Fsp3) is 0.467. The standard InChI is InChI=1S/C30H30ClF3N4O4/c1-27(2,3)42-26(40)37-8-9-38(28(4,5)16-37)25(39)23-12-22-24(41-23)18(29(15-35)13-30(33,34)14-29)11-21(36-22)17-6-7-19(31)20(32)10-17/h6-7,10-12H,8-9,13-14,16H2,1-5H3. The monoisotopic (exact) mass is 602 g/mol. The lowest BCUT2D eigenvalue weighted by atomic mass is 9.63. The molecule has 3 aromatic rings. The Bertz CT molecular complexity index is 1630. The largest absolute Gasteiger partial charge is 0.449 e. The molecule has 2 aromatic heterocycles. The summed E-state index contributed by atoms with van der Waals surface area (Å²) < 4.78 is 54.0. The molecule has 0 atom stereocenters. The van der Waals surface area contributed by atoms with Crippen molar-refractivity contribution in [2.45, 2.75) is 69.9 Å². The summed E-state index contributed by atoms with van der Waals surface area (Å²) in [6, 6.07) is 8.88. The Morgan fingerprint density at radius 3 is 2.40 bits per heavy atom. The van der Waals surface area contributed by atoms with Gasteiger partial charge in [-0.15, -0.1) is 0 Å². The Hall–Kier alpha value is -3.78. The van der Waals surface area contributed by atoms with E-state index in [2.05, 4.69) is 4.98 Å². The van der Waals surface area contributed by atoms with E-state index in [4.69, 9.17) is 20.8 Å². The van der Waals surface area contributed by atoms with Crippen molar-refractivity contribution in [3.05, 3.63) is 52.5 Å². The first-order valence-corrected chi connectivity index (χ1v) is 13.8. The van der Waals surface area contributed by atoms with Crippen LogP contribution in [0.2, 0.25) is 5.02 Å². The van der Waals surface area contributed by atoms with Gasteiger partial charge in [-0.1, -0.05) is 17.7 Å². The van der Waals surface area contributed by atoms with Crippen LogP contribution in [0, 0.1) is 17.1 Å². The molecule has 2 aliphatic rings. The number of furan rings is 1. The number of alkyl halides is 2. The number of hydrogen-bond acceptors (Lipinski definition) is 6. The molecule has 3 heterocycles. The quantitative estimate of drug-likeness (QED) is 0.322. The zero-order valence-corrected chi connectivity index (χ0v) is 24.6. The third-order valence-corrected chi connectivity index (χ3v) is 7.86. The molecule has 222 valence electrons. The van der Waals surface area contributed by atoms with Crippen LogP contribution in [0.5, 0.6) is 0 Å². The molecule has 8 nitrogen and oxygen atoms in total. The number of pyridine rings is 1. The minimum atomic E-state index is -3.04. The normalized spacial score (nSPS) is 19.2. The van der Waals surface area contributed by atoms with E-state index in [-0.39, 0.29) is 52.8 Å². The van der Waals surface area contributed by atoms with E-state index in [1.54, 1.807) is 25.7 Å². The Kier molecular flexibility index (Phi) is 7.00. The molecule has 2 fully saturated rings. The number of piperazine rings is 1. The van der Waals surface area contributed by atoms with Crippen molar-refractivity contribution in [1.82, 2.24) is 14.8 Å². The second-order valence-corrected chi connectivity index (χ2v) is 13.0. The number of benzene rings is 1. The highest BCUT2D eigenvalue weighted by Gasteiger charge is 2.59. The van der Waals surface area contributed by atoms with E-state index in [0.29, 0.717) is 5.56 Å². The van der Waals surface area contributed by atoms with E-state index in [1.165, 1.54) is 29.2 Å². The van der Waals surface area contributed by atoms with Crippen LogP contribution >= 0.6 is 11.6 Å². The SMILES string of the molecule is CC(C)(C)OC(=O)N1CCN(C(=O)c2cc3nc(-c4ccc(Cl)c(F)c4)cc(C4(C#N)CC(F)(F)C4)c3o2)C(C)(C)C1. The summed E-state index contributed by atoms with van der Waals surface area (Å²) in [5, 5.41) is 9.91. The van der Waals surface area contributed by atoms with Gasteiger partial charge in [-0.3, -0.25) is 4.79 Å². The van der Waals surface area contributed by atoms with E-state index < -0.39 is 53.1 Å². The Labute approximate surface area is 246 Å². The number of amides is 2. The van der Waals surface area contributed by atoms with Crippen LogP contribution in [0.15, 0.2) is 34.7 Å². The maximum atomic E-state index is 14.3. The molecule has 0 radical (unpaired) electrons. The number of carbonyl (C=O) groups excluding carboxylic acids is 2. The molecular formula is C30H30ClF3N4O4. The number of carbonyl (C=O) groups is 2. The maximum Gasteiger partial charge on any atom is 0.410 e. The van der Waals surface area contributed by atoms with Crippen molar-refractivity contribution in [1.29, 1.82) is 5.26 Å². The summed E-state index contributed by atoms with van der Waals surface area (Å²) in [4.78, 5) is 34.1. The maximum absolute atomic E-state index is 14.3. The van der Waals surface area contributed by atoms with Crippen LogP contribution in [0.3, 0.4) is 0 Å². The van der Waals surface area contributed by atoms with Gasteiger partial charge in [0.2, 0.25) is 0 Å². The molecule has 1 aromatic carbocycles. The van der Waals surface area contributed by atoms with Gasteiger partial charge < -0.3 is 19.0 Å². The zero-order valence-electron chi connectivity index (χ0n) is 23.9. The molecule has 1 aliphatic heterocycles. The Morgan fingerprint density at radius 2 is 1.83 bits per heavy atom. The fourth-order valence-corrected chi connectivity index (χ4v) is 5.71. The van der Waals surface area contributed by atoms with E-state index in [0.717, 1.165) is 6.07 Å². The highest BCUT2D eigenvalue weighted by atomic mass is 35.5. The van der Waals surface area contributed by atoms with Crippen LogP contribution in [0.4, 0.5) is 18.0 Å².